The molecule has 0 heterocycles. The van der Waals surface area contributed by atoms with Gasteiger partial charge in [0.25, 0.3) is 5.91 Å². The number of carbonyl (C=O) groups excluding carboxylic acids is 1. The van der Waals surface area contributed by atoms with E-state index in [1.807, 2.05) is 46.8 Å². The average Bonchev–Trinajstić information content (AvgIpc) is 2.13. The number of aryl methyl sites for hydroxylation is 3. The fraction of sp³-hybridized carbons (Fsp3) is 0.533. The van der Waals surface area contributed by atoms with Crippen LogP contribution in [-0.2, 0) is 0 Å². The van der Waals surface area contributed by atoms with E-state index in [0.717, 1.165) is 22.3 Å². The van der Waals surface area contributed by atoms with Gasteiger partial charge in [-0.3, -0.25) is 4.79 Å². The monoisotopic (exact) mass is 249 g/mol. The molecule has 1 aromatic carbocycles. The van der Waals surface area contributed by atoms with Crippen LogP contribution >= 0.6 is 0 Å². The Balaban J connectivity index is 2.98. The lowest BCUT2D eigenvalue weighted by atomic mass is 9.96. The van der Waals surface area contributed by atoms with E-state index < -0.39 is 5.54 Å². The van der Waals surface area contributed by atoms with Crippen molar-refractivity contribution in [3.05, 3.63) is 34.4 Å². The van der Waals surface area contributed by atoms with Crippen LogP contribution in [0.15, 0.2) is 12.1 Å². The summed E-state index contributed by atoms with van der Waals surface area (Å²) in [5.41, 5.74) is 3.49. The van der Waals surface area contributed by atoms with Gasteiger partial charge in [-0.15, -0.1) is 0 Å². The van der Waals surface area contributed by atoms with Crippen molar-refractivity contribution in [2.75, 3.05) is 6.61 Å². The molecule has 0 aliphatic heterocycles. The molecule has 0 aliphatic carbocycles. The fourth-order valence-corrected chi connectivity index (χ4v) is 2.25. The summed E-state index contributed by atoms with van der Waals surface area (Å²) in [5, 5.41) is 12.0. The Labute approximate surface area is 109 Å². The maximum Gasteiger partial charge on any atom is 0.252 e. The third-order valence-corrected chi connectivity index (χ3v) is 3.09. The molecule has 0 aliphatic rings. The number of amides is 1. The molecule has 1 aromatic rings. The van der Waals surface area contributed by atoms with Crippen LogP contribution in [0.2, 0.25) is 0 Å². The van der Waals surface area contributed by atoms with E-state index in [-0.39, 0.29) is 12.5 Å². The molecule has 0 unspecified atom stereocenters. The summed E-state index contributed by atoms with van der Waals surface area (Å²) in [7, 11) is 0. The summed E-state index contributed by atoms with van der Waals surface area (Å²) < 4.78 is 0. The van der Waals surface area contributed by atoms with Crippen molar-refractivity contribution in [3.8, 4) is 0 Å². The maximum atomic E-state index is 12.3. The van der Waals surface area contributed by atoms with Gasteiger partial charge in [-0.2, -0.15) is 0 Å². The van der Waals surface area contributed by atoms with Crippen molar-refractivity contribution < 1.29 is 9.90 Å². The molecular formula is C15H23NO2. The van der Waals surface area contributed by atoms with Crippen LogP contribution in [0.3, 0.4) is 0 Å². The lowest BCUT2D eigenvalue weighted by molar-refractivity contribution is 0.0898. The van der Waals surface area contributed by atoms with E-state index in [0.29, 0.717) is 6.42 Å². The van der Waals surface area contributed by atoms with Gasteiger partial charge in [-0.1, -0.05) is 17.7 Å². The quantitative estimate of drug-likeness (QED) is 0.861. The number of nitrogens with one attached hydrogen (secondary N) is 1. The smallest absolute Gasteiger partial charge is 0.252 e. The van der Waals surface area contributed by atoms with Crippen molar-refractivity contribution in [1.82, 2.24) is 5.32 Å². The number of hydrogen-bond donors (Lipinski definition) is 2. The Bertz CT molecular complexity index is 427. The van der Waals surface area contributed by atoms with Crippen molar-refractivity contribution in [2.45, 2.75) is 46.6 Å². The van der Waals surface area contributed by atoms with Crippen LogP contribution in [0.25, 0.3) is 0 Å². The summed E-state index contributed by atoms with van der Waals surface area (Å²) >= 11 is 0. The van der Waals surface area contributed by atoms with Crippen LogP contribution in [0.5, 0.6) is 0 Å². The minimum Gasteiger partial charge on any atom is -0.396 e. The first-order valence-electron chi connectivity index (χ1n) is 6.28. The molecule has 0 aromatic heterocycles. The third-order valence-electron chi connectivity index (χ3n) is 3.09. The highest BCUT2D eigenvalue weighted by Crippen LogP contribution is 2.18. The predicted molar refractivity (Wildman–Crippen MR) is 73.9 cm³/mol. The van der Waals surface area contributed by atoms with Crippen LogP contribution in [0.4, 0.5) is 0 Å². The Morgan fingerprint density at radius 3 is 2.17 bits per heavy atom. The number of benzene rings is 1. The van der Waals surface area contributed by atoms with Crippen molar-refractivity contribution in [3.63, 3.8) is 0 Å². The van der Waals surface area contributed by atoms with Gasteiger partial charge in [0.1, 0.15) is 0 Å². The highest BCUT2D eigenvalue weighted by atomic mass is 16.3. The summed E-state index contributed by atoms with van der Waals surface area (Å²) in [6.07, 6.45) is 0.544. The van der Waals surface area contributed by atoms with Crippen LogP contribution in [0.1, 0.15) is 47.3 Å². The first-order valence-corrected chi connectivity index (χ1v) is 6.28. The van der Waals surface area contributed by atoms with Gasteiger partial charge in [0, 0.05) is 17.7 Å². The lowest BCUT2D eigenvalue weighted by Crippen LogP contribution is -2.44. The zero-order chi connectivity index (χ0) is 13.9. The van der Waals surface area contributed by atoms with Gasteiger partial charge in [0.15, 0.2) is 0 Å². The van der Waals surface area contributed by atoms with Gasteiger partial charge < -0.3 is 10.4 Å². The highest BCUT2D eigenvalue weighted by molar-refractivity contribution is 5.97. The molecule has 3 nitrogen and oxygen atoms in total. The maximum absolute atomic E-state index is 12.3. The standard InChI is InChI=1S/C15H23NO2/c1-10-8-11(2)13(12(3)9-10)14(18)16-15(4,5)6-7-17/h8-9,17H,6-7H2,1-5H3,(H,16,18). The van der Waals surface area contributed by atoms with E-state index in [4.69, 9.17) is 5.11 Å². The van der Waals surface area contributed by atoms with Gasteiger partial charge in [-0.05, 0) is 52.2 Å². The number of hydrogen-bond acceptors (Lipinski definition) is 2. The summed E-state index contributed by atoms with van der Waals surface area (Å²) in [6, 6.07) is 4.03. The molecule has 0 radical (unpaired) electrons. The van der Waals surface area contributed by atoms with Crippen LogP contribution in [-0.4, -0.2) is 23.2 Å². The lowest BCUT2D eigenvalue weighted by Gasteiger charge is -2.26. The summed E-state index contributed by atoms with van der Waals surface area (Å²) in [5.74, 6) is -0.0662. The highest BCUT2D eigenvalue weighted by Gasteiger charge is 2.22. The summed E-state index contributed by atoms with van der Waals surface area (Å²) in [4.78, 5) is 12.3. The average molecular weight is 249 g/mol. The van der Waals surface area contributed by atoms with Gasteiger partial charge >= 0.3 is 0 Å². The molecule has 100 valence electrons. The normalized spacial score (nSPS) is 11.4. The third kappa shape index (κ3) is 3.57. The minimum absolute atomic E-state index is 0.0662. The zero-order valence-electron chi connectivity index (χ0n) is 11.9. The van der Waals surface area contributed by atoms with Gasteiger partial charge in [-0.25, -0.2) is 0 Å². The molecule has 1 rings (SSSR count). The second kappa shape index (κ2) is 5.53. The van der Waals surface area contributed by atoms with E-state index in [1.165, 1.54) is 0 Å². The molecule has 0 saturated carbocycles. The zero-order valence-corrected chi connectivity index (χ0v) is 11.9. The molecule has 0 fully saturated rings. The molecule has 18 heavy (non-hydrogen) atoms. The predicted octanol–water partition coefficient (Wildman–Crippen LogP) is 2.50. The summed E-state index contributed by atoms with van der Waals surface area (Å²) in [6.45, 7) is 9.83. The molecule has 0 bridgehead atoms. The molecule has 0 atom stereocenters. The second-order valence-electron chi connectivity index (χ2n) is 5.59. The Morgan fingerprint density at radius 2 is 1.72 bits per heavy atom. The van der Waals surface area contributed by atoms with Gasteiger partial charge in [0.05, 0.1) is 0 Å². The molecule has 1 amide bonds. The largest absolute Gasteiger partial charge is 0.396 e. The van der Waals surface area contributed by atoms with E-state index in [9.17, 15) is 4.79 Å². The van der Waals surface area contributed by atoms with Crippen LogP contribution in [0, 0.1) is 20.8 Å². The van der Waals surface area contributed by atoms with Crippen molar-refractivity contribution >= 4 is 5.91 Å². The Kier molecular flexibility index (Phi) is 4.52. The Hall–Kier alpha value is -1.35. The van der Waals surface area contributed by atoms with Gasteiger partial charge in [0.2, 0.25) is 0 Å². The molecule has 0 saturated heterocycles. The first-order chi connectivity index (χ1) is 8.26. The topological polar surface area (TPSA) is 49.3 Å². The fourth-order valence-electron chi connectivity index (χ4n) is 2.25. The van der Waals surface area contributed by atoms with Crippen molar-refractivity contribution in [1.29, 1.82) is 0 Å². The number of aliphatic hydroxyl groups excluding tert-OH is 1. The van der Waals surface area contributed by atoms with E-state index in [1.54, 1.807) is 0 Å². The molecular weight excluding hydrogens is 226 g/mol. The molecule has 2 N–H and O–H groups in total. The number of aliphatic hydroxyl groups is 1. The SMILES string of the molecule is Cc1cc(C)c(C(=O)NC(C)(C)CCO)c(C)c1. The first kappa shape index (κ1) is 14.7. The molecule has 0 spiro atoms. The Morgan fingerprint density at radius 1 is 1.22 bits per heavy atom. The minimum atomic E-state index is -0.393. The molecule has 3 heteroatoms. The number of carbonyl (C=O) groups is 1. The van der Waals surface area contributed by atoms with E-state index in [2.05, 4.69) is 5.32 Å². The van der Waals surface area contributed by atoms with E-state index >= 15 is 0 Å². The van der Waals surface area contributed by atoms with Crippen molar-refractivity contribution in [2.24, 2.45) is 0 Å². The van der Waals surface area contributed by atoms with Crippen LogP contribution < -0.4 is 5.32 Å². The second-order valence-corrected chi connectivity index (χ2v) is 5.59. The number of rotatable bonds is 4.